The molecule has 1 aromatic carbocycles. The lowest BCUT2D eigenvalue weighted by molar-refractivity contribution is 0.0750. The molecular formula is C19H26N6O. The van der Waals surface area contributed by atoms with E-state index in [1.54, 1.807) is 6.07 Å². The van der Waals surface area contributed by atoms with E-state index in [-0.39, 0.29) is 5.56 Å². The van der Waals surface area contributed by atoms with Gasteiger partial charge < -0.3 is 15.5 Å². The quantitative estimate of drug-likeness (QED) is 0.786. The Hall–Kier alpha value is -2.25. The average Bonchev–Trinajstić information content (AvgIpc) is 2.71. The molecule has 0 saturated carbocycles. The number of aliphatic imine (C=N–C) groups is 1. The van der Waals surface area contributed by atoms with Crippen LogP contribution in [0.15, 0.2) is 28.0 Å². The minimum Gasteiger partial charge on any atom is -0.342 e. The first kappa shape index (κ1) is 17.2. The van der Waals surface area contributed by atoms with Gasteiger partial charge in [-0.1, -0.05) is 19.9 Å². The van der Waals surface area contributed by atoms with Crippen LogP contribution in [0.1, 0.15) is 26.7 Å². The minimum atomic E-state index is -0.179. The van der Waals surface area contributed by atoms with Gasteiger partial charge in [0.25, 0.3) is 5.56 Å². The maximum atomic E-state index is 11.9. The molecule has 138 valence electrons. The van der Waals surface area contributed by atoms with Crippen molar-refractivity contribution in [2.75, 3.05) is 31.5 Å². The molecule has 0 radical (unpaired) electrons. The predicted octanol–water partition coefficient (Wildman–Crippen LogP) is 2.09. The third kappa shape index (κ3) is 3.01. The molecule has 2 aromatic rings. The molecule has 0 spiro atoms. The van der Waals surface area contributed by atoms with Gasteiger partial charge in [-0.05, 0) is 44.0 Å². The Morgan fingerprint density at radius 1 is 1.27 bits per heavy atom. The molecule has 26 heavy (non-hydrogen) atoms. The Bertz CT molecular complexity index is 881. The molecule has 7 heteroatoms. The van der Waals surface area contributed by atoms with Crippen molar-refractivity contribution in [2.24, 2.45) is 10.9 Å². The van der Waals surface area contributed by atoms with Crippen LogP contribution in [-0.4, -0.2) is 53.2 Å². The molecule has 1 atom stereocenters. The monoisotopic (exact) mass is 354 g/mol. The fourth-order valence-electron chi connectivity index (χ4n) is 4.21. The smallest absolute Gasteiger partial charge is 0.272 e. The molecule has 3 fully saturated rings. The number of amidine groups is 1. The number of aromatic amines is 1. The number of aromatic nitrogens is 2. The fraction of sp³-hybridized carbons (Fsp3) is 0.526. The number of rotatable bonds is 3. The van der Waals surface area contributed by atoms with Crippen molar-refractivity contribution < 1.29 is 0 Å². The molecule has 1 unspecified atom stereocenters. The Kier molecular flexibility index (Phi) is 4.74. The summed E-state index contributed by atoms with van der Waals surface area (Å²) in [7, 11) is 0. The highest BCUT2D eigenvalue weighted by atomic mass is 16.1. The van der Waals surface area contributed by atoms with Gasteiger partial charge in [-0.2, -0.15) is 5.10 Å². The van der Waals surface area contributed by atoms with Crippen molar-refractivity contribution in [1.29, 1.82) is 0 Å². The van der Waals surface area contributed by atoms with Crippen molar-refractivity contribution in [1.82, 2.24) is 20.4 Å². The largest absolute Gasteiger partial charge is 0.342 e. The number of hydrogen-bond donors (Lipinski definition) is 3. The van der Waals surface area contributed by atoms with Gasteiger partial charge in [-0.25, -0.2) is 10.1 Å². The summed E-state index contributed by atoms with van der Waals surface area (Å²) < 4.78 is 0. The fourth-order valence-corrected chi connectivity index (χ4v) is 4.21. The molecule has 5 heterocycles. The average molecular weight is 354 g/mol. The maximum absolute atomic E-state index is 11.9. The highest BCUT2D eigenvalue weighted by Crippen LogP contribution is 2.32. The molecule has 3 N–H and O–H groups in total. The number of nitrogens with one attached hydrogen (secondary N) is 3. The number of nitrogens with zero attached hydrogens (tertiary/aromatic N) is 3. The summed E-state index contributed by atoms with van der Waals surface area (Å²) in [5.74, 6) is 2.22. The Labute approximate surface area is 152 Å². The van der Waals surface area contributed by atoms with E-state index in [4.69, 9.17) is 0 Å². The topological polar surface area (TPSA) is 85.4 Å². The zero-order valence-electron chi connectivity index (χ0n) is 15.4. The molecule has 1 aromatic heterocycles. The normalized spacial score (nSPS) is 25.9. The van der Waals surface area contributed by atoms with Crippen LogP contribution in [0.4, 0.5) is 11.5 Å². The van der Waals surface area contributed by atoms with E-state index < -0.39 is 0 Å². The van der Waals surface area contributed by atoms with Crippen LogP contribution in [0.5, 0.6) is 0 Å². The molecule has 0 aliphatic carbocycles. The third-order valence-corrected chi connectivity index (χ3v) is 5.50. The van der Waals surface area contributed by atoms with Crippen LogP contribution in [0.2, 0.25) is 0 Å². The highest BCUT2D eigenvalue weighted by molar-refractivity contribution is 6.12. The molecular weight excluding hydrogens is 328 g/mol. The van der Waals surface area contributed by atoms with Crippen LogP contribution < -0.4 is 16.2 Å². The first-order valence-electron chi connectivity index (χ1n) is 9.60. The lowest BCUT2D eigenvalue weighted by Crippen LogP contribution is -2.57. The van der Waals surface area contributed by atoms with Crippen molar-refractivity contribution in [3.05, 3.63) is 28.6 Å². The van der Waals surface area contributed by atoms with E-state index >= 15 is 0 Å². The van der Waals surface area contributed by atoms with E-state index in [9.17, 15) is 4.79 Å². The third-order valence-electron chi connectivity index (χ3n) is 5.50. The summed E-state index contributed by atoms with van der Waals surface area (Å²) in [6.45, 7) is 8.31. The minimum absolute atomic E-state index is 0.179. The van der Waals surface area contributed by atoms with Crippen molar-refractivity contribution in [2.45, 2.75) is 32.7 Å². The van der Waals surface area contributed by atoms with Crippen LogP contribution in [0, 0.1) is 5.92 Å². The van der Waals surface area contributed by atoms with Crippen LogP contribution in [-0.2, 0) is 0 Å². The van der Waals surface area contributed by atoms with Crippen molar-refractivity contribution in [3.8, 4) is 0 Å². The van der Waals surface area contributed by atoms with Crippen LogP contribution in [0.25, 0.3) is 10.8 Å². The van der Waals surface area contributed by atoms with E-state index in [2.05, 4.69) is 30.7 Å². The highest BCUT2D eigenvalue weighted by Gasteiger charge is 2.33. The standard InChI is InChI=1S/C17H20N6O.C2H6/c24-17-11-2-1-3-12-15(11)16(21-22-17)20-14(19-12)8-18-13-9-23-6-4-10(13)5-7-23;1-2/h1-3,10,13,18H,4-9H2,(H,22,24)(H,19,20,21);1-2H3. The van der Waals surface area contributed by atoms with Gasteiger partial charge in [0.05, 0.1) is 23.0 Å². The molecule has 7 nitrogen and oxygen atoms in total. The molecule has 0 amide bonds. The van der Waals surface area contributed by atoms with Gasteiger partial charge >= 0.3 is 0 Å². The molecule has 4 aliphatic rings. The number of benzene rings is 1. The summed E-state index contributed by atoms with van der Waals surface area (Å²) in [4.78, 5) is 19.0. The van der Waals surface area contributed by atoms with Crippen LogP contribution >= 0.6 is 0 Å². The lowest BCUT2D eigenvalue weighted by Gasteiger charge is -2.45. The Balaban J connectivity index is 0.000000814. The Morgan fingerprint density at radius 3 is 2.81 bits per heavy atom. The number of fused-ring (bicyclic) bond motifs is 3. The molecule has 6 rings (SSSR count). The number of piperidine rings is 3. The van der Waals surface area contributed by atoms with E-state index in [0.29, 0.717) is 23.8 Å². The van der Waals surface area contributed by atoms with E-state index in [1.165, 1.54) is 25.9 Å². The van der Waals surface area contributed by atoms with E-state index in [0.717, 1.165) is 29.4 Å². The van der Waals surface area contributed by atoms with Gasteiger partial charge in [0.2, 0.25) is 0 Å². The lowest BCUT2D eigenvalue weighted by atomic mass is 9.84. The zero-order valence-corrected chi connectivity index (χ0v) is 15.4. The Morgan fingerprint density at radius 2 is 2.08 bits per heavy atom. The predicted molar refractivity (Wildman–Crippen MR) is 105 cm³/mol. The van der Waals surface area contributed by atoms with Crippen molar-refractivity contribution in [3.63, 3.8) is 0 Å². The summed E-state index contributed by atoms with van der Waals surface area (Å²) in [6, 6.07) is 6.19. The summed E-state index contributed by atoms with van der Waals surface area (Å²) in [5.41, 5.74) is 0.725. The van der Waals surface area contributed by atoms with Gasteiger partial charge in [0.1, 0.15) is 5.84 Å². The first-order valence-corrected chi connectivity index (χ1v) is 9.60. The zero-order chi connectivity index (χ0) is 18.1. The number of hydrogen-bond acceptors (Lipinski definition) is 6. The molecule has 4 aliphatic heterocycles. The van der Waals surface area contributed by atoms with Crippen molar-refractivity contribution >= 4 is 28.1 Å². The van der Waals surface area contributed by atoms with Gasteiger partial charge in [-0.15, -0.1) is 0 Å². The van der Waals surface area contributed by atoms with Gasteiger partial charge in [-0.3, -0.25) is 4.79 Å². The molecule has 3 saturated heterocycles. The van der Waals surface area contributed by atoms with E-state index in [1.807, 2.05) is 26.0 Å². The maximum Gasteiger partial charge on any atom is 0.272 e. The number of H-pyrrole nitrogens is 1. The SMILES string of the molecule is CC.O=c1[nH]nc2c3c(cccc13)NC(CNC1CN3CCC1CC3)=N2. The first-order chi connectivity index (χ1) is 12.8. The second-order valence-corrected chi connectivity index (χ2v) is 6.91. The van der Waals surface area contributed by atoms with Gasteiger partial charge in [0, 0.05) is 12.6 Å². The number of anilines is 1. The van der Waals surface area contributed by atoms with Gasteiger partial charge in [0.15, 0.2) is 5.82 Å². The summed E-state index contributed by atoms with van der Waals surface area (Å²) >= 11 is 0. The molecule has 2 bridgehead atoms. The summed E-state index contributed by atoms with van der Waals surface area (Å²) in [6.07, 6.45) is 2.59. The summed E-state index contributed by atoms with van der Waals surface area (Å²) in [5, 5.41) is 15.1. The second kappa shape index (κ2) is 7.17. The second-order valence-electron chi connectivity index (χ2n) is 6.91. The van der Waals surface area contributed by atoms with Crippen LogP contribution in [0.3, 0.4) is 0 Å².